The molecule has 0 saturated carbocycles. The number of benzene rings is 1. The zero-order valence-corrected chi connectivity index (χ0v) is 8.79. The Morgan fingerprint density at radius 3 is 2.50 bits per heavy atom. The zero-order chi connectivity index (χ0) is 9.97. The maximum Gasteiger partial charge on any atom is 0.115 e. The zero-order valence-electron chi connectivity index (χ0n) is 7.22. The molecule has 0 amide bonds. The van der Waals surface area contributed by atoms with E-state index in [4.69, 9.17) is 11.6 Å². The SMILES string of the molecule is OC(c1ccc(Cl)cc1)c1ccns1. The minimum atomic E-state index is -0.597. The second kappa shape index (κ2) is 4.09. The first-order valence-electron chi connectivity index (χ1n) is 4.11. The van der Waals surface area contributed by atoms with Gasteiger partial charge in [0.05, 0.1) is 4.88 Å². The van der Waals surface area contributed by atoms with Crippen molar-refractivity contribution in [3.63, 3.8) is 0 Å². The number of hydrogen-bond donors (Lipinski definition) is 1. The summed E-state index contributed by atoms with van der Waals surface area (Å²) < 4.78 is 3.94. The summed E-state index contributed by atoms with van der Waals surface area (Å²) in [6, 6.07) is 8.96. The van der Waals surface area contributed by atoms with Crippen LogP contribution in [0.15, 0.2) is 36.5 Å². The van der Waals surface area contributed by atoms with Crippen LogP contribution in [0.1, 0.15) is 16.5 Å². The number of rotatable bonds is 2. The van der Waals surface area contributed by atoms with E-state index in [1.807, 2.05) is 18.2 Å². The molecule has 1 atom stereocenters. The maximum atomic E-state index is 9.90. The fourth-order valence-corrected chi connectivity index (χ4v) is 1.90. The van der Waals surface area contributed by atoms with Crippen molar-refractivity contribution < 1.29 is 5.11 Å². The van der Waals surface area contributed by atoms with E-state index >= 15 is 0 Å². The first kappa shape index (κ1) is 9.65. The molecule has 0 aliphatic carbocycles. The van der Waals surface area contributed by atoms with Crippen LogP contribution in [-0.2, 0) is 0 Å². The third-order valence-electron chi connectivity index (χ3n) is 1.91. The highest BCUT2D eigenvalue weighted by atomic mass is 35.5. The minimum Gasteiger partial charge on any atom is -0.383 e. The molecule has 2 nitrogen and oxygen atoms in total. The summed E-state index contributed by atoms with van der Waals surface area (Å²) in [5.74, 6) is 0. The van der Waals surface area contributed by atoms with Gasteiger partial charge in [-0.25, -0.2) is 4.37 Å². The van der Waals surface area contributed by atoms with Crippen LogP contribution in [0.3, 0.4) is 0 Å². The summed E-state index contributed by atoms with van der Waals surface area (Å²) >= 11 is 7.05. The third-order valence-corrected chi connectivity index (χ3v) is 2.96. The first-order chi connectivity index (χ1) is 6.77. The van der Waals surface area contributed by atoms with Gasteiger partial charge in [0.15, 0.2) is 0 Å². The Bertz CT molecular complexity index is 399. The number of aliphatic hydroxyl groups is 1. The highest BCUT2D eigenvalue weighted by Gasteiger charge is 2.11. The largest absolute Gasteiger partial charge is 0.383 e. The van der Waals surface area contributed by atoms with Crippen molar-refractivity contribution in [1.82, 2.24) is 4.37 Å². The summed E-state index contributed by atoms with van der Waals surface area (Å²) in [6.07, 6.45) is 1.08. The molecule has 0 radical (unpaired) electrons. The average molecular weight is 226 g/mol. The van der Waals surface area contributed by atoms with Crippen molar-refractivity contribution in [1.29, 1.82) is 0 Å². The summed E-state index contributed by atoms with van der Waals surface area (Å²) in [6.45, 7) is 0. The molecule has 1 heterocycles. The van der Waals surface area contributed by atoms with Gasteiger partial charge in [-0.3, -0.25) is 0 Å². The molecule has 1 N–H and O–H groups in total. The molecule has 0 bridgehead atoms. The molecule has 72 valence electrons. The average Bonchev–Trinajstić information content (AvgIpc) is 2.71. The molecular formula is C10H8ClNOS. The van der Waals surface area contributed by atoms with Gasteiger partial charge in [0, 0.05) is 11.2 Å². The fraction of sp³-hybridized carbons (Fsp3) is 0.100. The number of nitrogens with zero attached hydrogens (tertiary/aromatic N) is 1. The topological polar surface area (TPSA) is 33.1 Å². The molecule has 0 fully saturated rings. The lowest BCUT2D eigenvalue weighted by Crippen LogP contribution is -1.95. The highest BCUT2D eigenvalue weighted by Crippen LogP contribution is 2.25. The van der Waals surface area contributed by atoms with Crippen LogP contribution in [0, 0.1) is 0 Å². The molecular weight excluding hydrogens is 218 g/mol. The minimum absolute atomic E-state index is 0.597. The van der Waals surface area contributed by atoms with Gasteiger partial charge in [-0.05, 0) is 35.3 Å². The fourth-order valence-electron chi connectivity index (χ4n) is 1.18. The predicted molar refractivity (Wildman–Crippen MR) is 57.6 cm³/mol. The Kier molecular flexibility index (Phi) is 2.82. The Morgan fingerprint density at radius 2 is 1.93 bits per heavy atom. The number of aromatic nitrogens is 1. The van der Waals surface area contributed by atoms with Crippen LogP contribution in [0.2, 0.25) is 5.02 Å². The van der Waals surface area contributed by atoms with Gasteiger partial charge in [-0.2, -0.15) is 0 Å². The standard InChI is InChI=1S/C10H8ClNOS/c11-8-3-1-7(2-4-8)10(13)9-5-6-12-14-9/h1-6,10,13H. The molecule has 1 aromatic carbocycles. The van der Waals surface area contributed by atoms with E-state index in [1.54, 1.807) is 18.3 Å². The number of aliphatic hydroxyl groups excluding tert-OH is 1. The van der Waals surface area contributed by atoms with Crippen molar-refractivity contribution in [2.75, 3.05) is 0 Å². The molecule has 4 heteroatoms. The third kappa shape index (κ3) is 1.95. The Labute approximate surface area is 91.0 Å². The van der Waals surface area contributed by atoms with Crippen molar-refractivity contribution >= 4 is 23.1 Å². The normalized spacial score (nSPS) is 12.7. The lowest BCUT2D eigenvalue weighted by Gasteiger charge is -2.07. The van der Waals surface area contributed by atoms with E-state index in [0.29, 0.717) is 5.02 Å². The van der Waals surface area contributed by atoms with Gasteiger partial charge in [-0.1, -0.05) is 23.7 Å². The second-order valence-electron chi connectivity index (χ2n) is 2.87. The molecule has 2 aromatic rings. The second-order valence-corrected chi connectivity index (χ2v) is 4.17. The van der Waals surface area contributed by atoms with E-state index in [9.17, 15) is 5.11 Å². The molecule has 2 rings (SSSR count). The molecule has 0 aliphatic rings. The van der Waals surface area contributed by atoms with E-state index in [2.05, 4.69) is 4.37 Å². The molecule has 14 heavy (non-hydrogen) atoms. The van der Waals surface area contributed by atoms with Gasteiger partial charge in [0.1, 0.15) is 6.10 Å². The van der Waals surface area contributed by atoms with E-state index in [1.165, 1.54) is 11.5 Å². The van der Waals surface area contributed by atoms with Crippen LogP contribution in [-0.4, -0.2) is 9.48 Å². The van der Waals surface area contributed by atoms with Crippen LogP contribution in [0.4, 0.5) is 0 Å². The number of halogens is 1. The van der Waals surface area contributed by atoms with Gasteiger partial charge < -0.3 is 5.11 Å². The quantitative estimate of drug-likeness (QED) is 0.853. The molecule has 0 spiro atoms. The van der Waals surface area contributed by atoms with Gasteiger partial charge >= 0.3 is 0 Å². The van der Waals surface area contributed by atoms with Crippen molar-refractivity contribution in [3.8, 4) is 0 Å². The summed E-state index contributed by atoms with van der Waals surface area (Å²) in [5, 5.41) is 10.6. The number of hydrogen-bond acceptors (Lipinski definition) is 3. The van der Waals surface area contributed by atoms with Crippen molar-refractivity contribution in [2.24, 2.45) is 0 Å². The lowest BCUT2D eigenvalue weighted by molar-refractivity contribution is 0.224. The van der Waals surface area contributed by atoms with Crippen LogP contribution >= 0.6 is 23.1 Å². The Balaban J connectivity index is 2.28. The van der Waals surface area contributed by atoms with Gasteiger partial charge in [0.2, 0.25) is 0 Å². The van der Waals surface area contributed by atoms with Gasteiger partial charge in [0.25, 0.3) is 0 Å². The maximum absolute atomic E-state index is 9.90. The van der Waals surface area contributed by atoms with E-state index < -0.39 is 6.10 Å². The molecule has 0 aliphatic heterocycles. The van der Waals surface area contributed by atoms with E-state index in [0.717, 1.165) is 10.4 Å². The van der Waals surface area contributed by atoms with Crippen LogP contribution in [0.5, 0.6) is 0 Å². The van der Waals surface area contributed by atoms with E-state index in [-0.39, 0.29) is 0 Å². The Hall–Kier alpha value is -0.900. The summed E-state index contributed by atoms with van der Waals surface area (Å²) in [5.41, 5.74) is 0.832. The summed E-state index contributed by atoms with van der Waals surface area (Å²) in [7, 11) is 0. The molecule has 1 unspecified atom stereocenters. The van der Waals surface area contributed by atoms with Gasteiger partial charge in [-0.15, -0.1) is 0 Å². The molecule has 1 aromatic heterocycles. The van der Waals surface area contributed by atoms with Crippen molar-refractivity contribution in [2.45, 2.75) is 6.10 Å². The van der Waals surface area contributed by atoms with Crippen molar-refractivity contribution in [3.05, 3.63) is 52.0 Å². The molecule has 0 saturated heterocycles. The lowest BCUT2D eigenvalue weighted by atomic mass is 10.1. The summed E-state index contributed by atoms with van der Waals surface area (Å²) in [4.78, 5) is 0.840. The monoisotopic (exact) mass is 225 g/mol. The highest BCUT2D eigenvalue weighted by molar-refractivity contribution is 7.05. The first-order valence-corrected chi connectivity index (χ1v) is 5.26. The van der Waals surface area contributed by atoms with Crippen LogP contribution in [0.25, 0.3) is 0 Å². The predicted octanol–water partition coefficient (Wildman–Crippen LogP) is 2.88. The van der Waals surface area contributed by atoms with Crippen LogP contribution < -0.4 is 0 Å². The Morgan fingerprint density at radius 1 is 1.21 bits per heavy atom. The smallest absolute Gasteiger partial charge is 0.115 e.